The van der Waals surface area contributed by atoms with Gasteiger partial charge in [0, 0.05) is 22.9 Å². The largest absolute Gasteiger partial charge is 0.421 e. The molecule has 0 spiro atoms. The third-order valence-corrected chi connectivity index (χ3v) is 5.45. The monoisotopic (exact) mass is 461 g/mol. The van der Waals surface area contributed by atoms with E-state index in [2.05, 4.69) is 37.9 Å². The average molecular weight is 463 g/mol. The first-order chi connectivity index (χ1) is 12.0. The van der Waals surface area contributed by atoms with Crippen molar-refractivity contribution in [1.29, 1.82) is 0 Å². The summed E-state index contributed by atoms with van der Waals surface area (Å²) in [5, 5.41) is 0.696. The molecule has 0 fully saturated rings. The van der Waals surface area contributed by atoms with Crippen molar-refractivity contribution in [2.45, 2.75) is 13.0 Å². The zero-order valence-corrected chi connectivity index (χ0v) is 16.3. The number of halogens is 2. The van der Waals surface area contributed by atoms with Gasteiger partial charge in [-0.3, -0.25) is 4.79 Å². The third kappa shape index (κ3) is 3.04. The first-order valence-electron chi connectivity index (χ1n) is 7.82. The summed E-state index contributed by atoms with van der Waals surface area (Å²) in [6, 6.07) is 13.3. The minimum absolute atomic E-state index is 0.0666. The minimum atomic E-state index is -0.612. The van der Waals surface area contributed by atoms with E-state index in [4.69, 9.17) is 4.42 Å². The molecule has 25 heavy (non-hydrogen) atoms. The van der Waals surface area contributed by atoms with Crippen LogP contribution in [0.3, 0.4) is 0 Å². The Morgan fingerprint density at radius 2 is 1.84 bits per heavy atom. The number of fused-ring (bicyclic) bond motifs is 2. The molecule has 0 bridgehead atoms. The Morgan fingerprint density at radius 3 is 2.64 bits per heavy atom. The van der Waals surface area contributed by atoms with Crippen molar-refractivity contribution in [3.8, 4) is 0 Å². The van der Waals surface area contributed by atoms with Gasteiger partial charge in [0.15, 0.2) is 5.58 Å². The number of carbonyl (C=O) groups excluding carboxylic acids is 1. The highest BCUT2D eigenvalue weighted by Crippen LogP contribution is 2.28. The fourth-order valence-corrected chi connectivity index (χ4v) is 4.48. The lowest BCUT2D eigenvalue weighted by molar-refractivity contribution is 0.0730. The van der Waals surface area contributed by atoms with E-state index >= 15 is 0 Å². The lowest BCUT2D eigenvalue weighted by atomic mass is 9.99. The molecule has 0 saturated heterocycles. The van der Waals surface area contributed by atoms with Gasteiger partial charge < -0.3 is 9.32 Å². The van der Waals surface area contributed by atoms with Crippen molar-refractivity contribution < 1.29 is 9.21 Å². The molecule has 6 heteroatoms. The molecule has 0 N–H and O–H groups in total. The highest BCUT2D eigenvalue weighted by Gasteiger charge is 2.24. The van der Waals surface area contributed by atoms with Gasteiger partial charge in [-0.05, 0) is 51.7 Å². The summed E-state index contributed by atoms with van der Waals surface area (Å²) in [7, 11) is 0. The Kier molecular flexibility index (Phi) is 4.25. The quantitative estimate of drug-likeness (QED) is 0.499. The highest BCUT2D eigenvalue weighted by atomic mass is 79.9. The number of rotatable bonds is 1. The van der Waals surface area contributed by atoms with Gasteiger partial charge in [-0.1, -0.05) is 40.2 Å². The molecular weight excluding hydrogens is 450 g/mol. The van der Waals surface area contributed by atoms with Gasteiger partial charge in [0.05, 0.1) is 4.47 Å². The number of amides is 1. The van der Waals surface area contributed by atoms with Gasteiger partial charge in [-0.15, -0.1) is 0 Å². The van der Waals surface area contributed by atoms with Crippen LogP contribution in [0.4, 0.5) is 0 Å². The Labute approximate surface area is 160 Å². The fourth-order valence-electron chi connectivity index (χ4n) is 3.15. The summed E-state index contributed by atoms with van der Waals surface area (Å²) < 4.78 is 6.89. The molecule has 2 aromatic carbocycles. The number of hydrogen-bond donors (Lipinski definition) is 0. The predicted molar refractivity (Wildman–Crippen MR) is 103 cm³/mol. The van der Waals surface area contributed by atoms with E-state index in [9.17, 15) is 9.59 Å². The second-order valence-electron chi connectivity index (χ2n) is 6.00. The van der Waals surface area contributed by atoms with Gasteiger partial charge in [0.25, 0.3) is 5.91 Å². The van der Waals surface area contributed by atoms with Crippen molar-refractivity contribution in [1.82, 2.24) is 4.90 Å². The zero-order chi connectivity index (χ0) is 17.6. The molecule has 126 valence electrons. The smallest absolute Gasteiger partial charge is 0.349 e. The maximum atomic E-state index is 12.9. The molecular formula is C19H13Br2NO3. The normalized spacial score (nSPS) is 13.8. The van der Waals surface area contributed by atoms with Crippen molar-refractivity contribution in [3.63, 3.8) is 0 Å². The molecule has 2 heterocycles. The average Bonchev–Trinajstić information content (AvgIpc) is 2.61. The molecule has 3 aromatic rings. The molecule has 1 aliphatic rings. The van der Waals surface area contributed by atoms with E-state index in [0.29, 0.717) is 28.5 Å². The van der Waals surface area contributed by atoms with E-state index in [1.165, 1.54) is 5.56 Å². The van der Waals surface area contributed by atoms with Crippen LogP contribution in [0, 0.1) is 0 Å². The zero-order valence-electron chi connectivity index (χ0n) is 13.1. The summed E-state index contributed by atoms with van der Waals surface area (Å²) >= 11 is 6.79. The Morgan fingerprint density at radius 1 is 1.08 bits per heavy atom. The summed E-state index contributed by atoms with van der Waals surface area (Å²) in [6.45, 7) is 1.10. The fraction of sp³-hybridized carbons (Fsp3) is 0.158. The molecule has 0 atom stereocenters. The molecule has 4 rings (SSSR count). The van der Waals surface area contributed by atoms with Crippen LogP contribution >= 0.6 is 31.9 Å². The van der Waals surface area contributed by atoms with Crippen LogP contribution in [0.2, 0.25) is 0 Å². The third-order valence-electron chi connectivity index (χ3n) is 4.40. The van der Waals surface area contributed by atoms with E-state index in [-0.39, 0.29) is 11.5 Å². The first kappa shape index (κ1) is 16.5. The summed E-state index contributed by atoms with van der Waals surface area (Å²) in [6.07, 6.45) is 0.790. The van der Waals surface area contributed by atoms with Crippen LogP contribution in [0.25, 0.3) is 11.0 Å². The first-order valence-corrected chi connectivity index (χ1v) is 9.40. The van der Waals surface area contributed by atoms with Gasteiger partial charge in [0.1, 0.15) is 5.56 Å². The van der Waals surface area contributed by atoms with Crippen molar-refractivity contribution >= 4 is 48.7 Å². The van der Waals surface area contributed by atoms with Crippen LogP contribution in [-0.4, -0.2) is 17.4 Å². The molecule has 0 saturated carbocycles. The van der Waals surface area contributed by atoms with Crippen LogP contribution in [-0.2, 0) is 13.0 Å². The molecule has 4 nitrogen and oxygen atoms in total. The van der Waals surface area contributed by atoms with Crippen molar-refractivity contribution in [2.24, 2.45) is 0 Å². The Bertz CT molecular complexity index is 1060. The van der Waals surface area contributed by atoms with E-state index < -0.39 is 5.63 Å². The van der Waals surface area contributed by atoms with Gasteiger partial charge in [0.2, 0.25) is 0 Å². The number of carbonyl (C=O) groups is 1. The Hall–Kier alpha value is -1.92. The number of benzene rings is 2. The maximum absolute atomic E-state index is 12.9. The molecule has 0 radical (unpaired) electrons. The maximum Gasteiger partial charge on any atom is 0.349 e. The number of hydrogen-bond acceptors (Lipinski definition) is 3. The topological polar surface area (TPSA) is 50.5 Å². The minimum Gasteiger partial charge on any atom is -0.421 e. The Balaban J connectivity index is 1.73. The molecule has 1 aromatic heterocycles. The van der Waals surface area contributed by atoms with Gasteiger partial charge >= 0.3 is 5.63 Å². The summed E-state index contributed by atoms with van der Waals surface area (Å²) in [5.74, 6) is -0.291. The van der Waals surface area contributed by atoms with Crippen LogP contribution < -0.4 is 5.63 Å². The number of nitrogens with zero attached hydrogens (tertiary/aromatic N) is 1. The second kappa shape index (κ2) is 6.42. The van der Waals surface area contributed by atoms with E-state index in [1.807, 2.05) is 24.3 Å². The van der Waals surface area contributed by atoms with Gasteiger partial charge in [-0.2, -0.15) is 0 Å². The molecule has 1 aliphatic heterocycles. The second-order valence-corrected chi connectivity index (χ2v) is 7.77. The summed E-state index contributed by atoms with van der Waals surface area (Å²) in [4.78, 5) is 26.9. The van der Waals surface area contributed by atoms with Crippen LogP contribution in [0.5, 0.6) is 0 Å². The molecule has 0 aliphatic carbocycles. The lowest BCUT2D eigenvalue weighted by Crippen LogP contribution is -2.38. The van der Waals surface area contributed by atoms with Crippen molar-refractivity contribution in [2.75, 3.05) is 6.54 Å². The van der Waals surface area contributed by atoms with E-state index in [1.54, 1.807) is 17.0 Å². The SMILES string of the molecule is O=C(c1cc2cc(Br)cc(Br)c2oc1=O)N1CCc2ccccc2C1. The summed E-state index contributed by atoms with van der Waals surface area (Å²) in [5.41, 5.74) is 2.27. The van der Waals surface area contributed by atoms with Crippen molar-refractivity contribution in [3.05, 3.63) is 78.5 Å². The molecule has 0 unspecified atom stereocenters. The van der Waals surface area contributed by atoms with Crippen LogP contribution in [0.1, 0.15) is 21.5 Å². The van der Waals surface area contributed by atoms with E-state index in [0.717, 1.165) is 16.5 Å². The van der Waals surface area contributed by atoms with Gasteiger partial charge in [-0.25, -0.2) is 4.79 Å². The van der Waals surface area contributed by atoms with Crippen LogP contribution in [0.15, 0.2) is 60.6 Å². The molecule has 1 amide bonds. The standard InChI is InChI=1S/C19H13Br2NO3/c20-14-7-13-8-15(19(24)25-17(13)16(21)9-14)18(23)22-6-5-11-3-1-2-4-12(11)10-22/h1-4,7-9H,5-6,10H2. The highest BCUT2D eigenvalue weighted by molar-refractivity contribution is 9.11. The lowest BCUT2D eigenvalue weighted by Gasteiger charge is -2.28. The predicted octanol–water partition coefficient (Wildman–Crippen LogP) is 4.52.